The van der Waals surface area contributed by atoms with E-state index in [1.807, 2.05) is 30.0 Å². The second kappa shape index (κ2) is 8.85. The molecule has 1 atom stereocenters. The Bertz CT molecular complexity index is 696. The van der Waals surface area contributed by atoms with E-state index in [1.54, 1.807) is 24.0 Å². The van der Waals surface area contributed by atoms with Crippen LogP contribution >= 0.6 is 11.8 Å². The number of amides is 1. The van der Waals surface area contributed by atoms with E-state index < -0.39 is 0 Å². The minimum absolute atomic E-state index is 0.00813. The highest BCUT2D eigenvalue weighted by atomic mass is 32.2. The minimum Gasteiger partial charge on any atom is -0.472 e. The Kier molecular flexibility index (Phi) is 6.28. The summed E-state index contributed by atoms with van der Waals surface area (Å²) >= 11 is 1.72. The molecule has 1 saturated heterocycles. The zero-order chi connectivity index (χ0) is 17.5. The highest BCUT2D eigenvalue weighted by Gasteiger charge is 2.25. The molecule has 1 fully saturated rings. The fourth-order valence-electron chi connectivity index (χ4n) is 2.86. The molecule has 3 rings (SSSR count). The van der Waals surface area contributed by atoms with Gasteiger partial charge in [-0.1, -0.05) is 18.2 Å². The number of carbonyl (C=O) groups excluding carboxylic acids is 1. The van der Waals surface area contributed by atoms with Gasteiger partial charge in [-0.05, 0) is 31.9 Å². The molecule has 1 aliphatic rings. The van der Waals surface area contributed by atoms with Gasteiger partial charge >= 0.3 is 0 Å². The van der Waals surface area contributed by atoms with Crippen LogP contribution in [-0.2, 0) is 4.79 Å². The molecule has 5 nitrogen and oxygen atoms in total. The van der Waals surface area contributed by atoms with Crippen molar-refractivity contribution in [3.05, 3.63) is 48.4 Å². The summed E-state index contributed by atoms with van der Waals surface area (Å²) in [4.78, 5) is 24.0. The van der Waals surface area contributed by atoms with Crippen molar-refractivity contribution in [2.45, 2.75) is 37.2 Å². The number of aryl methyl sites for hydroxylation is 1. The van der Waals surface area contributed by atoms with E-state index in [0.29, 0.717) is 24.7 Å². The van der Waals surface area contributed by atoms with E-state index in [0.717, 1.165) is 25.1 Å². The van der Waals surface area contributed by atoms with Crippen molar-refractivity contribution in [3.8, 4) is 5.88 Å². The lowest BCUT2D eigenvalue weighted by Crippen LogP contribution is -2.44. The van der Waals surface area contributed by atoms with Gasteiger partial charge in [0.1, 0.15) is 11.9 Å². The molecule has 0 radical (unpaired) electrons. The number of carbonyl (C=O) groups is 1. The van der Waals surface area contributed by atoms with Crippen molar-refractivity contribution >= 4 is 17.7 Å². The fourth-order valence-corrected chi connectivity index (χ4v) is 3.72. The Morgan fingerprint density at radius 3 is 2.96 bits per heavy atom. The zero-order valence-electron chi connectivity index (χ0n) is 14.4. The Morgan fingerprint density at radius 2 is 2.16 bits per heavy atom. The summed E-state index contributed by atoms with van der Waals surface area (Å²) in [5, 5.41) is 0. The van der Waals surface area contributed by atoms with Crippen LogP contribution in [0.15, 0.2) is 47.5 Å². The van der Waals surface area contributed by atoms with Gasteiger partial charge in [0.25, 0.3) is 0 Å². The van der Waals surface area contributed by atoms with Gasteiger partial charge in [0.2, 0.25) is 11.8 Å². The van der Waals surface area contributed by atoms with Crippen LogP contribution in [0.2, 0.25) is 0 Å². The van der Waals surface area contributed by atoms with Crippen LogP contribution in [0.5, 0.6) is 5.88 Å². The predicted octanol–water partition coefficient (Wildman–Crippen LogP) is 3.34. The summed E-state index contributed by atoms with van der Waals surface area (Å²) in [7, 11) is 0. The van der Waals surface area contributed by atoms with Crippen molar-refractivity contribution in [3.63, 3.8) is 0 Å². The van der Waals surface area contributed by atoms with Gasteiger partial charge in [0.05, 0.1) is 6.54 Å². The molecule has 1 amide bonds. The Morgan fingerprint density at radius 1 is 1.32 bits per heavy atom. The van der Waals surface area contributed by atoms with E-state index in [1.165, 1.54) is 4.90 Å². The molecule has 0 spiro atoms. The SMILES string of the molecule is Cc1nccc(OC2CCCN(C(=O)CCSc3ccccc3)C2)n1. The summed E-state index contributed by atoms with van der Waals surface area (Å²) in [6.45, 7) is 3.29. The second-order valence-electron chi connectivity index (χ2n) is 6.08. The quantitative estimate of drug-likeness (QED) is 0.742. The Balaban J connectivity index is 1.46. The molecular formula is C19H23N3O2S. The van der Waals surface area contributed by atoms with Crippen LogP contribution in [0.3, 0.4) is 0 Å². The van der Waals surface area contributed by atoms with Gasteiger partial charge in [0.15, 0.2) is 0 Å². The maximum absolute atomic E-state index is 12.5. The number of ether oxygens (including phenoxy) is 1. The molecule has 25 heavy (non-hydrogen) atoms. The number of nitrogens with zero attached hydrogens (tertiary/aromatic N) is 3. The minimum atomic E-state index is 0.00813. The number of likely N-dealkylation sites (tertiary alicyclic amines) is 1. The average molecular weight is 357 g/mol. The highest BCUT2D eigenvalue weighted by molar-refractivity contribution is 7.99. The zero-order valence-corrected chi connectivity index (χ0v) is 15.2. The third kappa shape index (κ3) is 5.46. The lowest BCUT2D eigenvalue weighted by Gasteiger charge is -2.32. The number of thioether (sulfide) groups is 1. The van der Waals surface area contributed by atoms with E-state index in [-0.39, 0.29) is 12.0 Å². The molecule has 132 valence electrons. The van der Waals surface area contributed by atoms with Crippen LogP contribution in [0.25, 0.3) is 0 Å². The van der Waals surface area contributed by atoms with Crippen LogP contribution in [-0.4, -0.2) is 45.7 Å². The van der Waals surface area contributed by atoms with Crippen LogP contribution in [0.1, 0.15) is 25.1 Å². The van der Waals surface area contributed by atoms with Crippen LogP contribution in [0.4, 0.5) is 0 Å². The molecule has 0 bridgehead atoms. The highest BCUT2D eigenvalue weighted by Crippen LogP contribution is 2.20. The van der Waals surface area contributed by atoms with Gasteiger partial charge in [0, 0.05) is 35.9 Å². The van der Waals surface area contributed by atoms with E-state index >= 15 is 0 Å². The third-order valence-electron chi connectivity index (χ3n) is 4.10. The van der Waals surface area contributed by atoms with Crippen molar-refractivity contribution in [1.29, 1.82) is 0 Å². The van der Waals surface area contributed by atoms with Crippen LogP contribution < -0.4 is 4.74 Å². The molecule has 6 heteroatoms. The van der Waals surface area contributed by atoms with Crippen molar-refractivity contribution in [2.24, 2.45) is 0 Å². The predicted molar refractivity (Wildman–Crippen MR) is 98.8 cm³/mol. The first kappa shape index (κ1) is 17.7. The van der Waals surface area contributed by atoms with Gasteiger partial charge in [-0.2, -0.15) is 4.98 Å². The maximum Gasteiger partial charge on any atom is 0.223 e. The lowest BCUT2D eigenvalue weighted by atomic mass is 10.1. The summed E-state index contributed by atoms with van der Waals surface area (Å²) in [6.07, 6.45) is 4.18. The lowest BCUT2D eigenvalue weighted by molar-refractivity contribution is -0.133. The first-order valence-electron chi connectivity index (χ1n) is 8.62. The maximum atomic E-state index is 12.5. The smallest absolute Gasteiger partial charge is 0.223 e. The number of aromatic nitrogens is 2. The Hall–Kier alpha value is -2.08. The molecule has 1 aliphatic heterocycles. The monoisotopic (exact) mass is 357 g/mol. The van der Waals surface area contributed by atoms with Crippen molar-refractivity contribution < 1.29 is 9.53 Å². The summed E-state index contributed by atoms with van der Waals surface area (Å²) in [5.41, 5.74) is 0. The fraction of sp³-hybridized carbons (Fsp3) is 0.421. The molecule has 2 heterocycles. The molecule has 1 unspecified atom stereocenters. The number of benzene rings is 1. The van der Waals surface area contributed by atoms with Gasteiger partial charge in [-0.15, -0.1) is 11.8 Å². The normalized spacial score (nSPS) is 17.3. The first-order chi connectivity index (χ1) is 12.2. The molecule has 1 aromatic carbocycles. The molecule has 1 aromatic heterocycles. The number of piperidine rings is 1. The van der Waals surface area contributed by atoms with Crippen molar-refractivity contribution in [1.82, 2.24) is 14.9 Å². The summed E-state index contributed by atoms with van der Waals surface area (Å²) in [6, 6.07) is 12.0. The average Bonchev–Trinajstić information content (AvgIpc) is 2.63. The number of hydrogen-bond acceptors (Lipinski definition) is 5. The van der Waals surface area contributed by atoms with Gasteiger partial charge < -0.3 is 9.64 Å². The van der Waals surface area contributed by atoms with E-state index in [2.05, 4.69) is 22.1 Å². The number of hydrogen-bond donors (Lipinski definition) is 0. The second-order valence-corrected chi connectivity index (χ2v) is 7.24. The van der Waals surface area contributed by atoms with E-state index in [9.17, 15) is 4.79 Å². The standard InChI is InChI=1S/C19H23N3O2S/c1-15-20-11-9-18(21-15)24-16-6-5-12-22(14-16)19(23)10-13-25-17-7-3-2-4-8-17/h2-4,7-9,11,16H,5-6,10,12-14H2,1H3. The largest absolute Gasteiger partial charge is 0.472 e. The molecule has 0 saturated carbocycles. The summed E-state index contributed by atoms with van der Waals surface area (Å²) < 4.78 is 5.94. The third-order valence-corrected chi connectivity index (χ3v) is 5.11. The molecular weight excluding hydrogens is 334 g/mol. The van der Waals surface area contributed by atoms with Gasteiger partial charge in [-0.25, -0.2) is 4.98 Å². The molecule has 0 aliphatic carbocycles. The Labute approximate surface area is 152 Å². The first-order valence-corrected chi connectivity index (χ1v) is 9.61. The number of rotatable bonds is 6. The topological polar surface area (TPSA) is 55.3 Å². The van der Waals surface area contributed by atoms with Crippen LogP contribution in [0, 0.1) is 6.92 Å². The molecule has 0 N–H and O–H groups in total. The summed E-state index contributed by atoms with van der Waals surface area (Å²) in [5.74, 6) is 2.29. The van der Waals surface area contributed by atoms with E-state index in [4.69, 9.17) is 4.74 Å². The van der Waals surface area contributed by atoms with Crippen molar-refractivity contribution in [2.75, 3.05) is 18.8 Å². The molecule has 2 aromatic rings. The van der Waals surface area contributed by atoms with Gasteiger partial charge in [-0.3, -0.25) is 4.79 Å².